The Kier molecular flexibility index (Phi) is 6.71. The minimum Gasteiger partial charge on any atom is -0.511 e. The van der Waals surface area contributed by atoms with Gasteiger partial charge in [0.1, 0.15) is 11.6 Å². The molecule has 0 spiro atoms. The summed E-state index contributed by atoms with van der Waals surface area (Å²) in [7, 11) is 0. The van der Waals surface area contributed by atoms with Gasteiger partial charge in [0.15, 0.2) is 5.82 Å². The number of nitrogens with zero attached hydrogens (tertiary/aromatic N) is 4. The molecule has 200 valence electrons. The maximum atomic E-state index is 15.3. The van der Waals surface area contributed by atoms with E-state index in [1.54, 1.807) is 12.1 Å². The molecule has 0 aliphatic heterocycles. The molecular weight excluding hydrogens is 487 g/mol. The van der Waals surface area contributed by atoms with Crippen LogP contribution in [0.1, 0.15) is 88.1 Å². The molecule has 2 aromatic heterocycles. The fourth-order valence-corrected chi connectivity index (χ4v) is 7.28. The molecule has 1 aromatic carbocycles. The number of hydrogen-bond donors (Lipinski definition) is 1. The Balaban J connectivity index is 1.62. The highest BCUT2D eigenvalue weighted by atomic mass is 19.1. The molecule has 6 rings (SSSR count). The molecule has 1 saturated carbocycles. The first-order valence-electron chi connectivity index (χ1n) is 14.4. The predicted molar refractivity (Wildman–Crippen MR) is 149 cm³/mol. The van der Waals surface area contributed by atoms with Crippen molar-refractivity contribution in [2.75, 3.05) is 0 Å². The maximum Gasteiger partial charge on any atom is 0.160 e. The van der Waals surface area contributed by atoms with E-state index in [4.69, 9.17) is 9.97 Å². The monoisotopic (exact) mass is 522 g/mol. The third-order valence-corrected chi connectivity index (χ3v) is 9.13. The Morgan fingerprint density at radius 1 is 1.10 bits per heavy atom. The lowest BCUT2D eigenvalue weighted by molar-refractivity contribution is 0.0982. The SMILES string of the molecule is CCC[C@H]1C(O)=C(C#N)C[C@@]2(CCC)c3nc(-c4ccnc(C5CC5)c4)nc(-c4ccccc4F)c3CC[C@H]12. The predicted octanol–water partition coefficient (Wildman–Crippen LogP) is 7.98. The number of fused-ring (bicyclic) bond motifs is 3. The summed E-state index contributed by atoms with van der Waals surface area (Å²) in [5, 5.41) is 21.3. The fourth-order valence-electron chi connectivity index (χ4n) is 7.28. The van der Waals surface area contributed by atoms with Gasteiger partial charge in [0.2, 0.25) is 0 Å². The molecule has 0 radical (unpaired) electrons. The second-order valence-corrected chi connectivity index (χ2v) is 11.5. The molecule has 6 heteroatoms. The third-order valence-electron chi connectivity index (χ3n) is 9.13. The highest BCUT2D eigenvalue weighted by Crippen LogP contribution is 2.57. The van der Waals surface area contributed by atoms with E-state index in [9.17, 15) is 10.4 Å². The lowest BCUT2D eigenvalue weighted by atomic mass is 9.53. The zero-order valence-corrected chi connectivity index (χ0v) is 22.8. The molecule has 0 bridgehead atoms. The lowest BCUT2D eigenvalue weighted by Crippen LogP contribution is -2.48. The van der Waals surface area contributed by atoms with E-state index in [1.165, 1.54) is 6.07 Å². The highest BCUT2D eigenvalue weighted by Gasteiger charge is 2.53. The summed E-state index contributed by atoms with van der Waals surface area (Å²) in [4.78, 5) is 14.9. The van der Waals surface area contributed by atoms with Crippen molar-refractivity contribution in [2.24, 2.45) is 11.8 Å². The molecule has 5 nitrogen and oxygen atoms in total. The van der Waals surface area contributed by atoms with Gasteiger partial charge in [-0.2, -0.15) is 5.26 Å². The lowest BCUT2D eigenvalue weighted by Gasteiger charge is -2.51. The van der Waals surface area contributed by atoms with Crippen LogP contribution in [-0.4, -0.2) is 20.1 Å². The fraction of sp³-hybridized carbons (Fsp3) is 0.455. The number of hydrogen-bond acceptors (Lipinski definition) is 5. The van der Waals surface area contributed by atoms with Crippen molar-refractivity contribution in [2.45, 2.75) is 83.0 Å². The van der Waals surface area contributed by atoms with E-state index in [-0.39, 0.29) is 23.4 Å². The van der Waals surface area contributed by atoms with Gasteiger partial charge in [0.25, 0.3) is 0 Å². The van der Waals surface area contributed by atoms with Gasteiger partial charge in [-0.1, -0.05) is 38.8 Å². The Labute approximate surface area is 229 Å². The largest absolute Gasteiger partial charge is 0.511 e. The summed E-state index contributed by atoms with van der Waals surface area (Å²) in [5.41, 5.74) is 5.06. The van der Waals surface area contributed by atoms with Crippen LogP contribution in [0.2, 0.25) is 0 Å². The van der Waals surface area contributed by atoms with E-state index in [1.807, 2.05) is 18.3 Å². The van der Waals surface area contributed by atoms with Crippen LogP contribution in [0, 0.1) is 29.0 Å². The summed E-state index contributed by atoms with van der Waals surface area (Å²) in [6, 6.07) is 13.2. The molecule has 3 aliphatic carbocycles. The molecule has 3 aromatic rings. The number of halogens is 1. The van der Waals surface area contributed by atoms with Crippen LogP contribution in [0.5, 0.6) is 0 Å². The van der Waals surface area contributed by atoms with Crippen LogP contribution in [0.25, 0.3) is 22.6 Å². The van der Waals surface area contributed by atoms with Crippen molar-refractivity contribution in [3.8, 4) is 28.7 Å². The molecule has 39 heavy (non-hydrogen) atoms. The number of aromatic nitrogens is 3. The highest BCUT2D eigenvalue weighted by molar-refractivity contribution is 5.70. The summed E-state index contributed by atoms with van der Waals surface area (Å²) < 4.78 is 15.3. The van der Waals surface area contributed by atoms with E-state index in [0.29, 0.717) is 41.4 Å². The quantitative estimate of drug-likeness (QED) is 0.340. The number of pyridine rings is 1. The van der Waals surface area contributed by atoms with Crippen LogP contribution >= 0.6 is 0 Å². The first-order valence-corrected chi connectivity index (χ1v) is 14.4. The summed E-state index contributed by atoms with van der Waals surface area (Å²) in [5.74, 6) is 1.13. The van der Waals surface area contributed by atoms with Crippen LogP contribution < -0.4 is 0 Å². The van der Waals surface area contributed by atoms with E-state index in [0.717, 1.165) is 67.5 Å². The first kappa shape index (κ1) is 25.7. The van der Waals surface area contributed by atoms with Gasteiger partial charge in [-0.05, 0) is 75.1 Å². The smallest absolute Gasteiger partial charge is 0.160 e. The van der Waals surface area contributed by atoms with Crippen LogP contribution in [0.4, 0.5) is 4.39 Å². The average molecular weight is 523 g/mol. The molecule has 3 atom stereocenters. The summed E-state index contributed by atoms with van der Waals surface area (Å²) in [6.45, 7) is 4.30. The van der Waals surface area contributed by atoms with Gasteiger partial charge in [0, 0.05) is 45.8 Å². The standard InChI is InChI=1S/C33H35FN4O/c1-3-7-23-26-13-12-25-29(24-8-5-6-9-27(24)34)37-32(21-14-16-36-28(17-21)20-10-11-20)38-31(25)33(26,15-4-2)18-22(19-35)30(23)39/h5-6,8-9,14,16-17,20,23,26,39H,3-4,7,10-13,15,18H2,1-2H3/t23-,26-,33-/m1/s1. The minimum absolute atomic E-state index is 0.0733. The van der Waals surface area contributed by atoms with Crippen molar-refractivity contribution in [3.05, 3.63) is 76.7 Å². The van der Waals surface area contributed by atoms with Gasteiger partial charge in [-0.25, -0.2) is 14.4 Å². The van der Waals surface area contributed by atoms with Crippen molar-refractivity contribution < 1.29 is 9.50 Å². The number of rotatable bonds is 7. The number of benzene rings is 1. The van der Waals surface area contributed by atoms with E-state index < -0.39 is 5.41 Å². The Hall–Kier alpha value is -3.59. The second-order valence-electron chi connectivity index (χ2n) is 11.5. The molecule has 1 fully saturated rings. The zero-order chi connectivity index (χ0) is 27.1. The summed E-state index contributed by atoms with van der Waals surface area (Å²) in [6.07, 6.45) is 9.67. The number of allylic oxidation sites excluding steroid dienone is 2. The zero-order valence-electron chi connectivity index (χ0n) is 22.8. The summed E-state index contributed by atoms with van der Waals surface area (Å²) >= 11 is 0. The van der Waals surface area contributed by atoms with Gasteiger partial charge in [0.05, 0.1) is 23.0 Å². The molecular formula is C33H35FN4O. The average Bonchev–Trinajstić information content (AvgIpc) is 3.80. The van der Waals surface area contributed by atoms with E-state index >= 15 is 4.39 Å². The Morgan fingerprint density at radius 2 is 1.92 bits per heavy atom. The molecule has 2 heterocycles. The molecule has 1 N–H and O–H groups in total. The van der Waals surface area contributed by atoms with Crippen LogP contribution in [-0.2, 0) is 11.8 Å². The number of aliphatic hydroxyl groups excluding tert-OH is 1. The number of aliphatic hydroxyl groups is 1. The maximum absolute atomic E-state index is 15.3. The van der Waals surface area contributed by atoms with Gasteiger partial charge in [-0.15, -0.1) is 0 Å². The van der Waals surface area contributed by atoms with Crippen LogP contribution in [0.3, 0.4) is 0 Å². The van der Waals surface area contributed by atoms with Gasteiger partial charge in [-0.3, -0.25) is 4.98 Å². The van der Waals surface area contributed by atoms with Crippen molar-refractivity contribution in [1.82, 2.24) is 15.0 Å². The molecule has 3 aliphatic rings. The first-order chi connectivity index (χ1) is 19.0. The Morgan fingerprint density at radius 3 is 2.64 bits per heavy atom. The Bertz CT molecular complexity index is 1490. The van der Waals surface area contributed by atoms with Gasteiger partial charge < -0.3 is 5.11 Å². The normalized spacial score (nSPS) is 24.2. The molecule has 0 saturated heterocycles. The van der Waals surface area contributed by atoms with Crippen molar-refractivity contribution in [3.63, 3.8) is 0 Å². The van der Waals surface area contributed by atoms with Crippen molar-refractivity contribution in [1.29, 1.82) is 5.26 Å². The minimum atomic E-state index is -0.413. The van der Waals surface area contributed by atoms with Crippen LogP contribution in [0.15, 0.2) is 53.9 Å². The molecule has 0 amide bonds. The van der Waals surface area contributed by atoms with E-state index in [2.05, 4.69) is 31.0 Å². The topological polar surface area (TPSA) is 82.7 Å². The second kappa shape index (κ2) is 10.2. The third kappa shape index (κ3) is 4.33. The molecule has 0 unspecified atom stereocenters. The van der Waals surface area contributed by atoms with Crippen molar-refractivity contribution >= 4 is 0 Å². The number of nitriles is 1. The van der Waals surface area contributed by atoms with Gasteiger partial charge >= 0.3 is 0 Å².